The van der Waals surface area contributed by atoms with Crippen LogP contribution in [0.4, 0.5) is 0 Å². The number of hydrogen-bond acceptors (Lipinski definition) is 5. The van der Waals surface area contributed by atoms with Crippen LogP contribution in [0, 0.1) is 0 Å². The molecule has 1 aromatic carbocycles. The van der Waals surface area contributed by atoms with E-state index in [9.17, 15) is 0 Å². The number of thioether (sulfide) groups is 1. The second kappa shape index (κ2) is 7.01. The number of nitrogens with zero attached hydrogens (tertiary/aromatic N) is 2. The molecule has 0 atom stereocenters. The Balaban J connectivity index is 0.00000161. The van der Waals surface area contributed by atoms with Gasteiger partial charge in [0.25, 0.3) is 0 Å². The third kappa shape index (κ3) is 3.92. The Labute approximate surface area is 139 Å². The zero-order valence-electron chi connectivity index (χ0n) is 11.4. The number of rotatable bonds is 5. The van der Waals surface area contributed by atoms with E-state index in [1.165, 1.54) is 5.56 Å². The zero-order valence-corrected chi connectivity index (χ0v) is 13.8. The van der Waals surface area contributed by atoms with Crippen molar-refractivity contribution >= 4 is 35.8 Å². The van der Waals surface area contributed by atoms with E-state index in [1.807, 2.05) is 18.2 Å². The van der Waals surface area contributed by atoms with Crippen LogP contribution in [-0.2, 0) is 17.0 Å². The number of benzene rings is 1. The lowest BCUT2D eigenvalue weighted by atomic mass is 9.77. The number of halogens is 2. The van der Waals surface area contributed by atoms with Crippen LogP contribution in [0.5, 0.6) is 0 Å². The van der Waals surface area contributed by atoms with Gasteiger partial charge in [-0.1, -0.05) is 28.9 Å². The highest BCUT2D eigenvalue weighted by atomic mass is 35.5. The first-order valence-corrected chi connectivity index (χ1v) is 8.13. The normalized spacial score (nSPS) is 16.1. The van der Waals surface area contributed by atoms with Crippen LogP contribution in [0.2, 0.25) is 5.02 Å². The second-order valence-electron chi connectivity index (χ2n) is 5.14. The van der Waals surface area contributed by atoms with Crippen LogP contribution in [0.3, 0.4) is 0 Å². The summed E-state index contributed by atoms with van der Waals surface area (Å²) in [6.45, 7) is 0. The molecule has 3 rings (SSSR count). The van der Waals surface area contributed by atoms with E-state index < -0.39 is 0 Å². The van der Waals surface area contributed by atoms with Gasteiger partial charge in [0.05, 0.1) is 11.3 Å². The molecule has 0 unspecified atom stereocenters. The Morgan fingerprint density at radius 3 is 2.81 bits per heavy atom. The molecule has 1 aliphatic rings. The van der Waals surface area contributed by atoms with Gasteiger partial charge in [0.15, 0.2) is 5.82 Å². The molecular formula is C14H17Cl2N3OS. The summed E-state index contributed by atoms with van der Waals surface area (Å²) < 4.78 is 5.26. The molecule has 1 aromatic heterocycles. The number of nitrogens with two attached hydrogens (primary N) is 1. The first kappa shape index (κ1) is 16.6. The minimum absolute atomic E-state index is 0. The van der Waals surface area contributed by atoms with E-state index >= 15 is 0 Å². The molecule has 2 aromatic rings. The topological polar surface area (TPSA) is 64.9 Å². The van der Waals surface area contributed by atoms with Crippen molar-refractivity contribution in [3.63, 3.8) is 0 Å². The molecule has 1 saturated carbocycles. The molecule has 7 heteroatoms. The molecule has 1 fully saturated rings. The van der Waals surface area contributed by atoms with Gasteiger partial charge >= 0.3 is 0 Å². The maximum Gasteiger partial charge on any atom is 0.236 e. The largest absolute Gasteiger partial charge is 0.338 e. The third-order valence-electron chi connectivity index (χ3n) is 3.54. The van der Waals surface area contributed by atoms with Gasteiger partial charge in [-0.25, -0.2) is 0 Å². The quantitative estimate of drug-likeness (QED) is 0.889. The molecule has 2 N–H and O–H groups in total. The van der Waals surface area contributed by atoms with Crippen molar-refractivity contribution in [1.29, 1.82) is 0 Å². The summed E-state index contributed by atoms with van der Waals surface area (Å²) in [5, 5.41) is 4.77. The fourth-order valence-electron chi connectivity index (χ4n) is 2.18. The first-order chi connectivity index (χ1) is 9.66. The summed E-state index contributed by atoms with van der Waals surface area (Å²) in [6, 6.07) is 7.86. The molecule has 4 nitrogen and oxygen atoms in total. The average Bonchev–Trinajstić information content (AvgIpc) is 2.85. The lowest BCUT2D eigenvalue weighted by molar-refractivity contribution is 0.229. The Morgan fingerprint density at radius 1 is 1.33 bits per heavy atom. The molecule has 0 spiro atoms. The van der Waals surface area contributed by atoms with Gasteiger partial charge in [-0.3, -0.25) is 0 Å². The molecule has 0 amide bonds. The Hall–Kier alpha value is -0.750. The van der Waals surface area contributed by atoms with Crippen LogP contribution < -0.4 is 5.73 Å². The molecular weight excluding hydrogens is 329 g/mol. The summed E-state index contributed by atoms with van der Waals surface area (Å²) in [5.74, 6) is 2.85. The number of hydrogen-bond donors (Lipinski definition) is 1. The van der Waals surface area contributed by atoms with Crippen molar-refractivity contribution < 1.29 is 4.52 Å². The smallest absolute Gasteiger partial charge is 0.236 e. The molecule has 0 bridgehead atoms. The van der Waals surface area contributed by atoms with Crippen LogP contribution in [0.15, 0.2) is 28.8 Å². The maximum atomic E-state index is 6.17. The predicted octanol–water partition coefficient (Wildman–Crippen LogP) is 3.92. The summed E-state index contributed by atoms with van der Waals surface area (Å²) in [5.41, 5.74) is 7.01. The van der Waals surface area contributed by atoms with Gasteiger partial charge in [-0.05, 0) is 37.0 Å². The minimum atomic E-state index is -0.348. The molecule has 114 valence electrons. The van der Waals surface area contributed by atoms with E-state index in [0.29, 0.717) is 17.5 Å². The average molecular weight is 346 g/mol. The van der Waals surface area contributed by atoms with Gasteiger partial charge in [-0.15, -0.1) is 24.2 Å². The molecule has 0 radical (unpaired) electrons. The van der Waals surface area contributed by atoms with Gasteiger partial charge < -0.3 is 10.3 Å². The van der Waals surface area contributed by atoms with Gasteiger partial charge in [0, 0.05) is 10.8 Å². The van der Waals surface area contributed by atoms with Crippen LogP contribution in [-0.4, -0.2) is 10.1 Å². The van der Waals surface area contributed by atoms with Gasteiger partial charge in [0.1, 0.15) is 0 Å². The summed E-state index contributed by atoms with van der Waals surface area (Å²) in [7, 11) is 0. The molecule has 1 aliphatic carbocycles. The Bertz CT molecular complexity index is 601. The lowest BCUT2D eigenvalue weighted by Gasteiger charge is -2.34. The Morgan fingerprint density at radius 2 is 2.14 bits per heavy atom. The second-order valence-corrected chi connectivity index (χ2v) is 6.57. The van der Waals surface area contributed by atoms with Crippen molar-refractivity contribution in [3.05, 3.63) is 46.6 Å². The Kier molecular flexibility index (Phi) is 5.54. The fourth-order valence-corrected chi connectivity index (χ4v) is 3.20. The summed E-state index contributed by atoms with van der Waals surface area (Å²) in [4.78, 5) is 4.40. The highest BCUT2D eigenvalue weighted by molar-refractivity contribution is 7.97. The summed E-state index contributed by atoms with van der Waals surface area (Å²) in [6.07, 6.45) is 3.03. The number of aromatic nitrogens is 2. The standard InChI is InChI=1S/C14H16ClN3OS.ClH/c15-11-4-1-3-10(7-11)8-20-9-12-17-13(18-19-12)14(16)5-2-6-14;/h1,3-4,7H,2,5-6,8-9,16H2;1H. The lowest BCUT2D eigenvalue weighted by Crippen LogP contribution is -2.44. The SMILES string of the molecule is Cl.NC1(c2noc(CSCc3cccc(Cl)c3)n2)CCC1. The van der Waals surface area contributed by atoms with Crippen LogP contribution in [0.25, 0.3) is 0 Å². The van der Waals surface area contributed by atoms with E-state index in [2.05, 4.69) is 16.2 Å². The van der Waals surface area contributed by atoms with E-state index in [0.717, 1.165) is 30.0 Å². The molecule has 0 aliphatic heterocycles. The minimum Gasteiger partial charge on any atom is -0.338 e. The van der Waals surface area contributed by atoms with Crippen LogP contribution >= 0.6 is 35.8 Å². The summed E-state index contributed by atoms with van der Waals surface area (Å²) >= 11 is 7.67. The predicted molar refractivity (Wildman–Crippen MR) is 87.7 cm³/mol. The van der Waals surface area contributed by atoms with Crippen molar-refractivity contribution in [2.24, 2.45) is 5.73 Å². The first-order valence-electron chi connectivity index (χ1n) is 6.60. The zero-order chi connectivity index (χ0) is 14.0. The van der Waals surface area contributed by atoms with E-state index in [-0.39, 0.29) is 17.9 Å². The van der Waals surface area contributed by atoms with E-state index in [1.54, 1.807) is 11.8 Å². The fraction of sp³-hybridized carbons (Fsp3) is 0.429. The highest BCUT2D eigenvalue weighted by Crippen LogP contribution is 2.37. The molecule has 21 heavy (non-hydrogen) atoms. The van der Waals surface area contributed by atoms with Crippen molar-refractivity contribution in [2.45, 2.75) is 36.3 Å². The third-order valence-corrected chi connectivity index (χ3v) is 4.77. The van der Waals surface area contributed by atoms with Crippen molar-refractivity contribution in [2.75, 3.05) is 0 Å². The highest BCUT2D eigenvalue weighted by Gasteiger charge is 2.38. The van der Waals surface area contributed by atoms with Crippen molar-refractivity contribution in [1.82, 2.24) is 10.1 Å². The maximum absolute atomic E-state index is 6.17. The monoisotopic (exact) mass is 345 g/mol. The molecule has 0 saturated heterocycles. The van der Waals surface area contributed by atoms with Crippen LogP contribution in [0.1, 0.15) is 36.5 Å². The van der Waals surface area contributed by atoms with Gasteiger partial charge in [-0.2, -0.15) is 4.98 Å². The van der Waals surface area contributed by atoms with Gasteiger partial charge in [0.2, 0.25) is 5.89 Å². The van der Waals surface area contributed by atoms with Crippen molar-refractivity contribution in [3.8, 4) is 0 Å². The molecule has 1 heterocycles. The van der Waals surface area contributed by atoms with E-state index in [4.69, 9.17) is 21.9 Å².